The largest absolute Gasteiger partial charge is 0.493 e. The van der Waals surface area contributed by atoms with Gasteiger partial charge in [0.2, 0.25) is 5.75 Å². The number of nitrogens with one attached hydrogen (secondary N) is 1. The topological polar surface area (TPSA) is 56.4 Å². The predicted molar refractivity (Wildman–Crippen MR) is 107 cm³/mol. The monoisotopic (exact) mass is 378 g/mol. The number of pyridine rings is 1. The lowest BCUT2D eigenvalue weighted by Gasteiger charge is -2.14. The normalized spacial score (nSPS) is 10.9. The molecule has 2 aromatic carbocycles. The SMILES string of the molecule is COc1cc(-c2c[nH]c3ncc(-c4ccc(F)cc4)cc23)cc(OC)c1OC. The minimum atomic E-state index is -0.266. The summed E-state index contributed by atoms with van der Waals surface area (Å²) in [5, 5.41) is 0.941. The summed E-state index contributed by atoms with van der Waals surface area (Å²) in [5.41, 5.74) is 4.41. The summed E-state index contributed by atoms with van der Waals surface area (Å²) in [6, 6.07) is 12.2. The smallest absolute Gasteiger partial charge is 0.203 e. The van der Waals surface area contributed by atoms with Gasteiger partial charge in [-0.3, -0.25) is 0 Å². The van der Waals surface area contributed by atoms with Crippen molar-refractivity contribution in [2.45, 2.75) is 0 Å². The molecule has 2 aromatic heterocycles. The van der Waals surface area contributed by atoms with Gasteiger partial charge in [0, 0.05) is 28.9 Å². The fourth-order valence-electron chi connectivity index (χ4n) is 3.28. The van der Waals surface area contributed by atoms with Crippen LogP contribution in [0.5, 0.6) is 17.2 Å². The first kappa shape index (κ1) is 17.9. The highest BCUT2D eigenvalue weighted by atomic mass is 19.1. The van der Waals surface area contributed by atoms with Crippen LogP contribution in [0.25, 0.3) is 33.3 Å². The molecular weight excluding hydrogens is 359 g/mol. The molecule has 0 bridgehead atoms. The first-order valence-corrected chi connectivity index (χ1v) is 8.68. The molecule has 0 aliphatic carbocycles. The van der Waals surface area contributed by atoms with Gasteiger partial charge in [-0.2, -0.15) is 0 Å². The number of halogens is 1. The third kappa shape index (κ3) is 3.03. The Morgan fingerprint density at radius 2 is 1.50 bits per heavy atom. The summed E-state index contributed by atoms with van der Waals surface area (Å²) in [7, 11) is 4.75. The van der Waals surface area contributed by atoms with E-state index in [0.29, 0.717) is 17.2 Å². The van der Waals surface area contributed by atoms with Gasteiger partial charge in [0.05, 0.1) is 21.3 Å². The quantitative estimate of drug-likeness (QED) is 0.527. The van der Waals surface area contributed by atoms with E-state index in [1.54, 1.807) is 39.7 Å². The Hall–Kier alpha value is -3.54. The number of hydrogen-bond donors (Lipinski definition) is 1. The molecule has 0 fully saturated rings. The zero-order chi connectivity index (χ0) is 19.7. The number of methoxy groups -OCH3 is 3. The number of rotatable bonds is 5. The maximum Gasteiger partial charge on any atom is 0.203 e. The number of nitrogens with zero attached hydrogens (tertiary/aromatic N) is 1. The molecule has 6 heteroatoms. The summed E-state index contributed by atoms with van der Waals surface area (Å²) in [4.78, 5) is 7.70. The number of hydrogen-bond acceptors (Lipinski definition) is 4. The van der Waals surface area contributed by atoms with Crippen molar-refractivity contribution in [1.29, 1.82) is 0 Å². The lowest BCUT2D eigenvalue weighted by atomic mass is 10.0. The molecule has 142 valence electrons. The highest BCUT2D eigenvalue weighted by Gasteiger charge is 2.16. The Balaban J connectivity index is 1.87. The number of ether oxygens (including phenoxy) is 3. The van der Waals surface area contributed by atoms with E-state index in [1.165, 1.54) is 12.1 Å². The van der Waals surface area contributed by atoms with Crippen LogP contribution in [0.4, 0.5) is 4.39 Å². The van der Waals surface area contributed by atoms with E-state index in [0.717, 1.165) is 33.3 Å². The molecule has 4 aromatic rings. The van der Waals surface area contributed by atoms with E-state index < -0.39 is 0 Å². The number of aromatic nitrogens is 2. The van der Waals surface area contributed by atoms with Crippen LogP contribution in [0.2, 0.25) is 0 Å². The molecule has 28 heavy (non-hydrogen) atoms. The molecule has 0 aliphatic rings. The average Bonchev–Trinajstić information content (AvgIpc) is 3.16. The van der Waals surface area contributed by atoms with Crippen LogP contribution in [-0.2, 0) is 0 Å². The van der Waals surface area contributed by atoms with E-state index in [2.05, 4.69) is 9.97 Å². The predicted octanol–water partition coefficient (Wildman–Crippen LogP) is 5.06. The fourth-order valence-corrected chi connectivity index (χ4v) is 3.28. The molecule has 0 saturated carbocycles. The van der Waals surface area contributed by atoms with E-state index in [1.807, 2.05) is 24.4 Å². The van der Waals surface area contributed by atoms with Gasteiger partial charge < -0.3 is 19.2 Å². The molecule has 1 N–H and O–H groups in total. The number of fused-ring (bicyclic) bond motifs is 1. The van der Waals surface area contributed by atoms with Crippen LogP contribution >= 0.6 is 0 Å². The zero-order valence-electron chi connectivity index (χ0n) is 15.7. The van der Waals surface area contributed by atoms with E-state index in [4.69, 9.17) is 14.2 Å². The van der Waals surface area contributed by atoms with Crippen LogP contribution < -0.4 is 14.2 Å². The van der Waals surface area contributed by atoms with Gasteiger partial charge in [-0.15, -0.1) is 0 Å². The lowest BCUT2D eigenvalue weighted by molar-refractivity contribution is 0.324. The number of benzene rings is 2. The minimum absolute atomic E-state index is 0.266. The second kappa shape index (κ2) is 7.23. The van der Waals surface area contributed by atoms with Crippen molar-refractivity contribution in [2.75, 3.05) is 21.3 Å². The van der Waals surface area contributed by atoms with Crippen molar-refractivity contribution in [3.8, 4) is 39.5 Å². The number of aromatic amines is 1. The van der Waals surface area contributed by atoms with Gasteiger partial charge in [-0.05, 0) is 41.5 Å². The summed E-state index contributed by atoms with van der Waals surface area (Å²) < 4.78 is 29.6. The highest BCUT2D eigenvalue weighted by Crippen LogP contribution is 2.42. The molecule has 2 heterocycles. The Labute approximate surface area is 161 Å². The van der Waals surface area contributed by atoms with Gasteiger partial charge in [-0.25, -0.2) is 9.37 Å². The van der Waals surface area contributed by atoms with Crippen LogP contribution in [-0.4, -0.2) is 31.3 Å². The highest BCUT2D eigenvalue weighted by molar-refractivity contribution is 5.96. The van der Waals surface area contributed by atoms with Gasteiger partial charge in [0.25, 0.3) is 0 Å². The molecule has 5 nitrogen and oxygen atoms in total. The standard InChI is InChI=1S/C22H19FN2O3/c1-26-19-9-14(10-20(27-2)21(19)28-3)18-12-25-22-17(18)8-15(11-24-22)13-4-6-16(23)7-5-13/h4-12H,1-3H3,(H,24,25). The molecule has 0 aliphatic heterocycles. The molecule has 0 saturated heterocycles. The summed E-state index contributed by atoms with van der Waals surface area (Å²) in [5.74, 6) is 1.43. The lowest BCUT2D eigenvalue weighted by Crippen LogP contribution is -1.95. The summed E-state index contributed by atoms with van der Waals surface area (Å²) in [6.45, 7) is 0. The summed E-state index contributed by atoms with van der Waals surface area (Å²) in [6.07, 6.45) is 3.66. The first-order valence-electron chi connectivity index (χ1n) is 8.68. The Bertz CT molecular complexity index is 1110. The third-order valence-corrected chi connectivity index (χ3v) is 4.68. The summed E-state index contributed by atoms with van der Waals surface area (Å²) >= 11 is 0. The van der Waals surface area contributed by atoms with Crippen LogP contribution in [0.15, 0.2) is 54.9 Å². The minimum Gasteiger partial charge on any atom is -0.493 e. The van der Waals surface area contributed by atoms with Crippen molar-refractivity contribution in [3.63, 3.8) is 0 Å². The fraction of sp³-hybridized carbons (Fsp3) is 0.136. The van der Waals surface area contributed by atoms with Crippen molar-refractivity contribution in [3.05, 3.63) is 60.7 Å². The molecular formula is C22H19FN2O3. The first-order chi connectivity index (χ1) is 13.6. The Kier molecular flexibility index (Phi) is 4.61. The van der Waals surface area contributed by atoms with Gasteiger partial charge in [0.1, 0.15) is 11.5 Å². The molecule has 0 amide bonds. The van der Waals surface area contributed by atoms with Gasteiger partial charge >= 0.3 is 0 Å². The maximum absolute atomic E-state index is 13.2. The average molecular weight is 378 g/mol. The second-order valence-corrected chi connectivity index (χ2v) is 6.24. The van der Waals surface area contributed by atoms with Gasteiger partial charge in [-0.1, -0.05) is 12.1 Å². The van der Waals surface area contributed by atoms with Crippen molar-refractivity contribution < 1.29 is 18.6 Å². The Morgan fingerprint density at radius 1 is 0.821 bits per heavy atom. The van der Waals surface area contributed by atoms with E-state index in [-0.39, 0.29) is 5.82 Å². The molecule has 0 spiro atoms. The third-order valence-electron chi connectivity index (χ3n) is 4.68. The van der Waals surface area contributed by atoms with E-state index in [9.17, 15) is 4.39 Å². The molecule has 0 radical (unpaired) electrons. The molecule has 0 atom stereocenters. The molecule has 0 unspecified atom stereocenters. The number of H-pyrrole nitrogens is 1. The zero-order valence-corrected chi connectivity index (χ0v) is 15.7. The Morgan fingerprint density at radius 3 is 2.11 bits per heavy atom. The molecule has 4 rings (SSSR count). The van der Waals surface area contributed by atoms with E-state index >= 15 is 0 Å². The van der Waals surface area contributed by atoms with Crippen molar-refractivity contribution in [1.82, 2.24) is 9.97 Å². The second-order valence-electron chi connectivity index (χ2n) is 6.24. The van der Waals surface area contributed by atoms with Crippen LogP contribution in [0, 0.1) is 5.82 Å². The van der Waals surface area contributed by atoms with Crippen molar-refractivity contribution in [2.24, 2.45) is 0 Å². The maximum atomic E-state index is 13.2. The van der Waals surface area contributed by atoms with Crippen LogP contribution in [0.1, 0.15) is 0 Å². The van der Waals surface area contributed by atoms with Crippen LogP contribution in [0.3, 0.4) is 0 Å². The van der Waals surface area contributed by atoms with Crippen molar-refractivity contribution >= 4 is 11.0 Å². The van der Waals surface area contributed by atoms with Gasteiger partial charge in [0.15, 0.2) is 11.5 Å².